The van der Waals surface area contributed by atoms with E-state index < -0.39 is 0 Å². The minimum Gasteiger partial charge on any atom is -0.348 e. The summed E-state index contributed by atoms with van der Waals surface area (Å²) in [5, 5.41) is 16.2. The maximum Gasteiger partial charge on any atom is 0.225 e. The van der Waals surface area contributed by atoms with Gasteiger partial charge in [-0.25, -0.2) is 9.97 Å². The molecule has 0 spiro atoms. The number of aromatic nitrogens is 2. The molecule has 28 heavy (non-hydrogen) atoms. The number of piperidine rings is 1. The predicted octanol–water partition coefficient (Wildman–Crippen LogP) is 4.55. The number of thioether (sulfide) groups is 1. The van der Waals surface area contributed by atoms with E-state index in [1.807, 2.05) is 36.7 Å². The maximum atomic E-state index is 9.90. The largest absolute Gasteiger partial charge is 0.348 e. The average molecular weight is 390 g/mol. The number of nitriles is 1. The fraction of sp³-hybridized carbons (Fsp3) is 0.318. The Bertz CT molecular complexity index is 966. The highest BCUT2D eigenvalue weighted by Crippen LogP contribution is 2.35. The summed E-state index contributed by atoms with van der Waals surface area (Å²) in [6, 6.07) is 12.5. The number of hydrogen-bond donors (Lipinski definition) is 1. The standard InChI is InChI=1S/C22H23N5S/c1-15-8-10-27(11-9-15)22-24-13-16(2)20(26-22)18(12-23)21-25-19(14-28-21)17-6-4-3-5-7-17/h3-7,13-15,25H,8-11H2,1-2H3. The number of nitrogens with one attached hydrogen (secondary N) is 1. The Morgan fingerprint density at radius 3 is 2.71 bits per heavy atom. The van der Waals surface area contributed by atoms with Crippen molar-refractivity contribution in [2.75, 3.05) is 18.0 Å². The first-order valence-corrected chi connectivity index (χ1v) is 10.5. The second-order valence-corrected chi connectivity index (χ2v) is 8.21. The molecule has 0 unspecified atom stereocenters. The molecule has 5 nitrogen and oxygen atoms in total. The van der Waals surface area contributed by atoms with E-state index in [-0.39, 0.29) is 0 Å². The monoisotopic (exact) mass is 389 g/mol. The Hall–Kier alpha value is -2.78. The first kappa shape index (κ1) is 18.6. The van der Waals surface area contributed by atoms with E-state index in [1.54, 1.807) is 0 Å². The lowest BCUT2D eigenvalue weighted by Gasteiger charge is -2.30. The van der Waals surface area contributed by atoms with Gasteiger partial charge in [-0.1, -0.05) is 49.0 Å². The molecule has 142 valence electrons. The van der Waals surface area contributed by atoms with Gasteiger partial charge >= 0.3 is 0 Å². The Labute approximate surface area is 170 Å². The number of anilines is 1. The van der Waals surface area contributed by atoms with Crippen molar-refractivity contribution in [3.05, 3.63) is 63.8 Å². The molecular weight excluding hydrogens is 366 g/mol. The summed E-state index contributed by atoms with van der Waals surface area (Å²) >= 11 is 1.53. The van der Waals surface area contributed by atoms with Crippen LogP contribution in [0.1, 0.15) is 36.6 Å². The van der Waals surface area contributed by atoms with Crippen LogP contribution in [0.25, 0.3) is 11.3 Å². The van der Waals surface area contributed by atoms with E-state index in [4.69, 9.17) is 4.98 Å². The van der Waals surface area contributed by atoms with Crippen LogP contribution in [-0.4, -0.2) is 23.1 Å². The lowest BCUT2D eigenvalue weighted by molar-refractivity contribution is 0.434. The van der Waals surface area contributed by atoms with Crippen LogP contribution in [0, 0.1) is 24.2 Å². The summed E-state index contributed by atoms with van der Waals surface area (Å²) < 4.78 is 0. The van der Waals surface area contributed by atoms with Crippen LogP contribution in [0.4, 0.5) is 5.95 Å². The average Bonchev–Trinajstić information content (AvgIpc) is 3.21. The highest BCUT2D eigenvalue weighted by Gasteiger charge is 2.22. The van der Waals surface area contributed by atoms with Gasteiger partial charge < -0.3 is 10.2 Å². The predicted molar refractivity (Wildman–Crippen MR) is 115 cm³/mol. The molecule has 1 saturated heterocycles. The maximum absolute atomic E-state index is 9.90. The van der Waals surface area contributed by atoms with Crippen molar-refractivity contribution < 1.29 is 0 Å². The molecule has 0 saturated carbocycles. The molecule has 4 rings (SSSR count). The van der Waals surface area contributed by atoms with Crippen LogP contribution in [0.3, 0.4) is 0 Å². The number of aryl methyl sites for hydroxylation is 1. The highest BCUT2D eigenvalue weighted by molar-refractivity contribution is 8.06. The second kappa shape index (κ2) is 8.07. The number of benzene rings is 1. The zero-order valence-electron chi connectivity index (χ0n) is 16.1. The summed E-state index contributed by atoms with van der Waals surface area (Å²) in [7, 11) is 0. The zero-order valence-corrected chi connectivity index (χ0v) is 17.0. The summed E-state index contributed by atoms with van der Waals surface area (Å²) in [4.78, 5) is 11.6. The van der Waals surface area contributed by atoms with E-state index in [0.29, 0.717) is 11.3 Å². The van der Waals surface area contributed by atoms with Gasteiger partial charge in [0.2, 0.25) is 5.95 Å². The van der Waals surface area contributed by atoms with Gasteiger partial charge in [0, 0.05) is 24.7 Å². The van der Waals surface area contributed by atoms with Crippen molar-refractivity contribution >= 4 is 29.0 Å². The van der Waals surface area contributed by atoms with Crippen molar-refractivity contribution in [3.8, 4) is 6.07 Å². The minimum absolute atomic E-state index is 0.568. The summed E-state index contributed by atoms with van der Waals surface area (Å²) in [6.07, 6.45) is 4.14. The lowest BCUT2D eigenvalue weighted by atomic mass is 10.00. The molecule has 0 bridgehead atoms. The topological polar surface area (TPSA) is 64.8 Å². The molecule has 2 aromatic rings. The fourth-order valence-corrected chi connectivity index (χ4v) is 4.30. The molecule has 3 heterocycles. The van der Waals surface area contributed by atoms with Gasteiger partial charge in [0.25, 0.3) is 0 Å². The smallest absolute Gasteiger partial charge is 0.225 e. The number of nitrogens with zero attached hydrogens (tertiary/aromatic N) is 4. The van der Waals surface area contributed by atoms with Gasteiger partial charge in [-0.15, -0.1) is 0 Å². The zero-order chi connectivity index (χ0) is 19.5. The van der Waals surface area contributed by atoms with Crippen molar-refractivity contribution in [3.63, 3.8) is 0 Å². The SMILES string of the molecule is Cc1cnc(N2CCC(C)CC2)nc1C(C#N)=C1NC(c2ccccc2)=CS1. The van der Waals surface area contributed by atoms with Crippen molar-refractivity contribution in [2.45, 2.75) is 26.7 Å². The van der Waals surface area contributed by atoms with Crippen LogP contribution in [0.15, 0.2) is 47.0 Å². The molecule has 0 atom stereocenters. The van der Waals surface area contributed by atoms with Gasteiger partial charge in [0.05, 0.1) is 16.4 Å². The molecular formula is C22H23N5S. The first-order chi connectivity index (χ1) is 13.7. The minimum atomic E-state index is 0.568. The molecule has 1 N–H and O–H groups in total. The van der Waals surface area contributed by atoms with Crippen molar-refractivity contribution in [1.82, 2.24) is 15.3 Å². The normalized spacial score (nSPS) is 19.0. The molecule has 6 heteroatoms. The number of rotatable bonds is 3. The molecule has 0 radical (unpaired) electrons. The lowest BCUT2D eigenvalue weighted by Crippen LogP contribution is -2.34. The van der Waals surface area contributed by atoms with E-state index in [2.05, 4.69) is 40.3 Å². The third-order valence-electron chi connectivity index (χ3n) is 5.23. The van der Waals surface area contributed by atoms with Crippen molar-refractivity contribution in [1.29, 1.82) is 5.26 Å². The number of hydrogen-bond acceptors (Lipinski definition) is 6. The molecule has 2 aliphatic rings. The Balaban J connectivity index is 1.63. The van der Waals surface area contributed by atoms with Crippen LogP contribution in [-0.2, 0) is 0 Å². The summed E-state index contributed by atoms with van der Waals surface area (Å²) in [6.45, 7) is 6.18. The van der Waals surface area contributed by atoms with Crippen LogP contribution >= 0.6 is 11.8 Å². The third-order valence-corrected chi connectivity index (χ3v) is 6.12. The third kappa shape index (κ3) is 3.76. The quantitative estimate of drug-likeness (QED) is 0.777. The Morgan fingerprint density at radius 1 is 1.25 bits per heavy atom. The van der Waals surface area contributed by atoms with E-state index in [0.717, 1.165) is 59.7 Å². The molecule has 0 amide bonds. The van der Waals surface area contributed by atoms with Crippen LogP contribution in [0.2, 0.25) is 0 Å². The van der Waals surface area contributed by atoms with Gasteiger partial charge in [-0.05, 0) is 36.8 Å². The molecule has 0 aliphatic carbocycles. The summed E-state index contributed by atoms with van der Waals surface area (Å²) in [5.41, 5.74) is 4.30. The fourth-order valence-electron chi connectivity index (χ4n) is 3.44. The van der Waals surface area contributed by atoms with Crippen LogP contribution in [0.5, 0.6) is 0 Å². The number of allylic oxidation sites excluding steroid dienone is 1. The molecule has 1 fully saturated rings. The van der Waals surface area contributed by atoms with Gasteiger partial charge in [0.1, 0.15) is 11.6 Å². The Kier molecular flexibility index (Phi) is 5.36. The summed E-state index contributed by atoms with van der Waals surface area (Å²) in [5.74, 6) is 1.47. The van der Waals surface area contributed by atoms with Gasteiger partial charge in [-0.3, -0.25) is 0 Å². The highest BCUT2D eigenvalue weighted by atomic mass is 32.2. The molecule has 1 aromatic carbocycles. The van der Waals surface area contributed by atoms with E-state index in [1.165, 1.54) is 11.8 Å². The molecule has 1 aromatic heterocycles. The first-order valence-electron chi connectivity index (χ1n) is 9.58. The molecule has 2 aliphatic heterocycles. The van der Waals surface area contributed by atoms with Crippen molar-refractivity contribution in [2.24, 2.45) is 5.92 Å². The Morgan fingerprint density at radius 2 is 2.00 bits per heavy atom. The van der Waals surface area contributed by atoms with E-state index >= 15 is 0 Å². The van der Waals surface area contributed by atoms with E-state index in [9.17, 15) is 5.26 Å². The van der Waals surface area contributed by atoms with Crippen LogP contribution < -0.4 is 10.2 Å². The van der Waals surface area contributed by atoms with Gasteiger partial charge in [0.15, 0.2) is 0 Å². The second-order valence-electron chi connectivity index (χ2n) is 7.33. The van der Waals surface area contributed by atoms with Gasteiger partial charge in [-0.2, -0.15) is 5.26 Å².